The average molecular weight is 257 g/mol. The summed E-state index contributed by atoms with van der Waals surface area (Å²) in [6.45, 7) is 10.8. The van der Waals surface area contributed by atoms with Crippen molar-refractivity contribution in [1.29, 1.82) is 0 Å². The van der Waals surface area contributed by atoms with Crippen LogP contribution in [0, 0.1) is 11.3 Å². The Morgan fingerprint density at radius 2 is 1.72 bits per heavy atom. The molecular formula is C13H27N3O2. The van der Waals surface area contributed by atoms with Gasteiger partial charge in [0.25, 0.3) is 0 Å². The fourth-order valence-electron chi connectivity index (χ4n) is 1.21. The van der Waals surface area contributed by atoms with Crippen LogP contribution in [0.4, 0.5) is 0 Å². The first-order valence-electron chi connectivity index (χ1n) is 6.44. The van der Waals surface area contributed by atoms with Crippen LogP contribution in [0.15, 0.2) is 0 Å². The third-order valence-electron chi connectivity index (χ3n) is 2.57. The molecule has 0 spiro atoms. The highest BCUT2D eigenvalue weighted by Crippen LogP contribution is 2.16. The molecule has 0 aliphatic carbocycles. The van der Waals surface area contributed by atoms with Crippen LogP contribution >= 0.6 is 0 Å². The molecule has 0 heterocycles. The quantitative estimate of drug-likeness (QED) is 0.653. The summed E-state index contributed by atoms with van der Waals surface area (Å²) in [5.41, 5.74) is 5.52. The highest BCUT2D eigenvalue weighted by Gasteiger charge is 2.27. The molecular weight excluding hydrogens is 230 g/mol. The zero-order valence-electron chi connectivity index (χ0n) is 12.2. The molecule has 1 atom stereocenters. The van der Waals surface area contributed by atoms with Gasteiger partial charge in [-0.05, 0) is 11.3 Å². The van der Waals surface area contributed by atoms with E-state index in [-0.39, 0.29) is 23.7 Å². The van der Waals surface area contributed by atoms with Gasteiger partial charge < -0.3 is 16.4 Å². The molecule has 0 aromatic carbocycles. The topological polar surface area (TPSA) is 84.2 Å². The lowest BCUT2D eigenvalue weighted by Crippen LogP contribution is -2.49. The Morgan fingerprint density at radius 1 is 1.17 bits per heavy atom. The Bertz CT molecular complexity index is 282. The highest BCUT2D eigenvalue weighted by atomic mass is 16.2. The normalized spacial score (nSPS) is 13.3. The summed E-state index contributed by atoms with van der Waals surface area (Å²) in [5, 5.41) is 5.48. The van der Waals surface area contributed by atoms with Gasteiger partial charge in [0.2, 0.25) is 11.8 Å². The van der Waals surface area contributed by atoms with Gasteiger partial charge in [0.05, 0.1) is 6.04 Å². The first-order chi connectivity index (χ1) is 8.14. The molecule has 0 saturated heterocycles. The average Bonchev–Trinajstić information content (AvgIpc) is 2.23. The van der Waals surface area contributed by atoms with Gasteiger partial charge in [-0.15, -0.1) is 0 Å². The van der Waals surface area contributed by atoms with Crippen LogP contribution < -0.4 is 16.4 Å². The van der Waals surface area contributed by atoms with E-state index in [1.165, 1.54) is 0 Å². The number of carbonyl (C=O) groups excluding carboxylic acids is 2. The molecule has 2 amide bonds. The van der Waals surface area contributed by atoms with E-state index in [0.29, 0.717) is 19.0 Å². The van der Waals surface area contributed by atoms with Gasteiger partial charge >= 0.3 is 0 Å². The molecule has 0 saturated carbocycles. The number of hydrogen-bond donors (Lipinski definition) is 3. The molecule has 0 rings (SSSR count). The summed E-state index contributed by atoms with van der Waals surface area (Å²) in [7, 11) is 0. The van der Waals surface area contributed by atoms with E-state index in [4.69, 9.17) is 5.73 Å². The van der Waals surface area contributed by atoms with Crippen LogP contribution in [0.3, 0.4) is 0 Å². The monoisotopic (exact) mass is 257 g/mol. The molecule has 106 valence electrons. The third kappa shape index (κ3) is 7.27. The molecule has 0 aromatic heterocycles. The van der Waals surface area contributed by atoms with Crippen molar-refractivity contribution in [1.82, 2.24) is 10.6 Å². The number of hydrogen-bond acceptors (Lipinski definition) is 3. The second-order valence-corrected chi connectivity index (χ2v) is 6.08. The maximum atomic E-state index is 11.7. The predicted molar refractivity (Wildman–Crippen MR) is 72.9 cm³/mol. The summed E-state index contributed by atoms with van der Waals surface area (Å²) in [4.78, 5) is 23.1. The molecule has 0 radical (unpaired) electrons. The summed E-state index contributed by atoms with van der Waals surface area (Å²) in [6, 6.07) is -0.559. The minimum atomic E-state index is -0.559. The van der Waals surface area contributed by atoms with Crippen molar-refractivity contribution in [2.24, 2.45) is 17.1 Å². The molecule has 1 unspecified atom stereocenters. The van der Waals surface area contributed by atoms with Gasteiger partial charge in [0.1, 0.15) is 0 Å². The maximum absolute atomic E-state index is 11.7. The summed E-state index contributed by atoms with van der Waals surface area (Å²) in [6.07, 6.45) is 0.287. The van der Waals surface area contributed by atoms with Crippen LogP contribution in [0.5, 0.6) is 0 Å². The van der Waals surface area contributed by atoms with E-state index in [9.17, 15) is 9.59 Å². The van der Waals surface area contributed by atoms with Gasteiger partial charge in [0.15, 0.2) is 0 Å². The molecule has 4 N–H and O–H groups in total. The second-order valence-electron chi connectivity index (χ2n) is 6.08. The van der Waals surface area contributed by atoms with E-state index >= 15 is 0 Å². The van der Waals surface area contributed by atoms with Crippen molar-refractivity contribution in [3.8, 4) is 0 Å². The Kier molecular flexibility index (Phi) is 6.91. The van der Waals surface area contributed by atoms with Gasteiger partial charge in [-0.2, -0.15) is 0 Å². The Hall–Kier alpha value is -1.10. The Labute approximate surface area is 110 Å². The van der Waals surface area contributed by atoms with Gasteiger partial charge in [-0.25, -0.2) is 0 Å². The van der Waals surface area contributed by atoms with Crippen molar-refractivity contribution in [2.45, 2.75) is 47.1 Å². The van der Waals surface area contributed by atoms with Crippen LogP contribution in [0.1, 0.15) is 41.0 Å². The Morgan fingerprint density at radius 3 is 2.17 bits per heavy atom. The molecule has 18 heavy (non-hydrogen) atoms. The van der Waals surface area contributed by atoms with E-state index < -0.39 is 6.04 Å². The van der Waals surface area contributed by atoms with Gasteiger partial charge in [-0.1, -0.05) is 34.6 Å². The lowest BCUT2D eigenvalue weighted by atomic mass is 9.87. The van der Waals surface area contributed by atoms with Gasteiger partial charge in [-0.3, -0.25) is 9.59 Å². The van der Waals surface area contributed by atoms with Crippen LogP contribution in [0.2, 0.25) is 0 Å². The highest BCUT2D eigenvalue weighted by molar-refractivity contribution is 5.83. The molecule has 5 nitrogen and oxygen atoms in total. The van der Waals surface area contributed by atoms with Gasteiger partial charge in [0, 0.05) is 19.5 Å². The number of amides is 2. The van der Waals surface area contributed by atoms with Crippen molar-refractivity contribution in [3.63, 3.8) is 0 Å². The molecule has 0 bridgehead atoms. The standard InChI is InChI=1S/C13H27N3O2/c1-9(2)8-16-10(17)6-7-15-12(18)11(14)13(3,4)5/h9,11H,6-8,14H2,1-5H3,(H,15,18)(H,16,17). The van der Waals surface area contributed by atoms with Crippen molar-refractivity contribution >= 4 is 11.8 Å². The summed E-state index contributed by atoms with van der Waals surface area (Å²) < 4.78 is 0. The first-order valence-corrected chi connectivity index (χ1v) is 6.44. The Balaban J connectivity index is 3.85. The fourth-order valence-corrected chi connectivity index (χ4v) is 1.21. The SMILES string of the molecule is CC(C)CNC(=O)CCNC(=O)C(N)C(C)(C)C. The van der Waals surface area contributed by atoms with Crippen molar-refractivity contribution < 1.29 is 9.59 Å². The number of nitrogens with two attached hydrogens (primary N) is 1. The van der Waals surface area contributed by atoms with E-state index in [0.717, 1.165) is 0 Å². The summed E-state index contributed by atoms with van der Waals surface area (Å²) >= 11 is 0. The largest absolute Gasteiger partial charge is 0.356 e. The number of nitrogens with one attached hydrogen (secondary N) is 2. The van der Waals surface area contributed by atoms with Crippen molar-refractivity contribution in [3.05, 3.63) is 0 Å². The minimum absolute atomic E-state index is 0.0478. The molecule has 0 aliphatic rings. The molecule has 0 aromatic rings. The lowest BCUT2D eigenvalue weighted by molar-refractivity contribution is -0.124. The summed E-state index contributed by atoms with van der Waals surface area (Å²) in [5.74, 6) is 0.172. The fraction of sp³-hybridized carbons (Fsp3) is 0.846. The lowest BCUT2D eigenvalue weighted by Gasteiger charge is -2.25. The van der Waals surface area contributed by atoms with Crippen LogP contribution in [0.25, 0.3) is 0 Å². The molecule has 0 aliphatic heterocycles. The zero-order chi connectivity index (χ0) is 14.3. The van der Waals surface area contributed by atoms with Crippen molar-refractivity contribution in [2.75, 3.05) is 13.1 Å². The predicted octanol–water partition coefficient (Wildman–Crippen LogP) is 0.638. The maximum Gasteiger partial charge on any atom is 0.237 e. The molecule has 0 fully saturated rings. The van der Waals surface area contributed by atoms with E-state index in [1.54, 1.807) is 0 Å². The van der Waals surface area contributed by atoms with Crippen LogP contribution in [-0.2, 0) is 9.59 Å². The molecule has 5 heteroatoms. The zero-order valence-corrected chi connectivity index (χ0v) is 12.2. The smallest absolute Gasteiger partial charge is 0.237 e. The van der Waals surface area contributed by atoms with Crippen LogP contribution in [-0.4, -0.2) is 30.9 Å². The minimum Gasteiger partial charge on any atom is -0.356 e. The number of rotatable bonds is 6. The van der Waals surface area contributed by atoms with E-state index in [2.05, 4.69) is 10.6 Å². The number of carbonyl (C=O) groups is 2. The van der Waals surface area contributed by atoms with E-state index in [1.807, 2.05) is 34.6 Å². The third-order valence-corrected chi connectivity index (χ3v) is 2.57. The second kappa shape index (κ2) is 7.36. The first kappa shape index (κ1) is 16.9.